The highest BCUT2D eigenvalue weighted by atomic mass is 19.1. The van der Waals surface area contributed by atoms with Crippen LogP contribution in [0, 0.1) is 11.6 Å². The quantitative estimate of drug-likeness (QED) is 0.762. The maximum Gasteiger partial charge on any atom is 0.315 e. The van der Waals surface area contributed by atoms with Crippen molar-refractivity contribution in [1.82, 2.24) is 10.6 Å². The van der Waals surface area contributed by atoms with Gasteiger partial charge >= 0.3 is 6.03 Å². The van der Waals surface area contributed by atoms with Crippen molar-refractivity contribution >= 4 is 6.03 Å². The van der Waals surface area contributed by atoms with Gasteiger partial charge in [-0.1, -0.05) is 30.9 Å². The Morgan fingerprint density at radius 3 is 2.54 bits per heavy atom. The Balaban J connectivity index is 1.87. The number of halogens is 2. The van der Waals surface area contributed by atoms with Gasteiger partial charge in [-0.2, -0.15) is 0 Å². The topological polar surface area (TPSA) is 50.4 Å². The van der Waals surface area contributed by atoms with Gasteiger partial charge in [0.1, 0.15) is 24.0 Å². The summed E-state index contributed by atoms with van der Waals surface area (Å²) < 4.78 is 32.0. The Kier molecular flexibility index (Phi) is 6.31. The Bertz CT molecular complexity index is 720. The van der Waals surface area contributed by atoms with Crippen molar-refractivity contribution < 1.29 is 18.3 Å². The molecule has 0 saturated carbocycles. The molecule has 0 spiro atoms. The van der Waals surface area contributed by atoms with Gasteiger partial charge in [-0.15, -0.1) is 0 Å². The first-order valence-corrected chi connectivity index (χ1v) is 7.37. The monoisotopic (exact) mass is 332 g/mol. The van der Waals surface area contributed by atoms with Crippen LogP contribution in [-0.2, 0) is 13.1 Å². The average Bonchev–Trinajstić information content (AvgIpc) is 2.59. The molecule has 0 aliphatic heterocycles. The number of nitrogens with one attached hydrogen (secondary N) is 2. The van der Waals surface area contributed by atoms with Crippen molar-refractivity contribution in [2.24, 2.45) is 0 Å². The third-order valence-electron chi connectivity index (χ3n) is 3.22. The summed E-state index contributed by atoms with van der Waals surface area (Å²) in [6.07, 6.45) is 1.63. The number of hydrogen-bond acceptors (Lipinski definition) is 2. The Labute approximate surface area is 139 Å². The fourth-order valence-corrected chi connectivity index (χ4v) is 2.03. The highest BCUT2D eigenvalue weighted by Crippen LogP contribution is 2.17. The van der Waals surface area contributed by atoms with Crippen LogP contribution >= 0.6 is 0 Å². The Morgan fingerprint density at radius 1 is 1.08 bits per heavy atom. The molecule has 126 valence electrons. The second-order valence-corrected chi connectivity index (χ2v) is 4.98. The van der Waals surface area contributed by atoms with E-state index in [1.807, 2.05) is 18.2 Å². The summed E-state index contributed by atoms with van der Waals surface area (Å²) in [6.45, 7) is 4.08. The molecule has 0 heterocycles. The molecule has 0 atom stereocenters. The Morgan fingerprint density at radius 2 is 1.79 bits per heavy atom. The summed E-state index contributed by atoms with van der Waals surface area (Å²) in [7, 11) is 0. The predicted molar refractivity (Wildman–Crippen MR) is 87.6 cm³/mol. The number of ether oxygens (including phenoxy) is 1. The van der Waals surface area contributed by atoms with E-state index in [1.165, 1.54) is 0 Å². The lowest BCUT2D eigenvalue weighted by Gasteiger charge is -2.12. The second-order valence-electron chi connectivity index (χ2n) is 4.98. The number of para-hydroxylation sites is 1. The minimum atomic E-state index is -0.570. The molecule has 0 radical (unpaired) electrons. The van der Waals surface area contributed by atoms with Crippen LogP contribution in [0.1, 0.15) is 11.1 Å². The van der Waals surface area contributed by atoms with Gasteiger partial charge in [0.15, 0.2) is 0 Å². The molecule has 0 aliphatic carbocycles. The number of rotatable bonds is 7. The second kappa shape index (κ2) is 8.67. The highest BCUT2D eigenvalue weighted by Gasteiger charge is 2.08. The van der Waals surface area contributed by atoms with Crippen LogP contribution in [0.5, 0.6) is 5.75 Å². The highest BCUT2D eigenvalue weighted by molar-refractivity contribution is 5.73. The fraction of sp³-hybridized carbons (Fsp3) is 0.167. The van der Waals surface area contributed by atoms with E-state index < -0.39 is 17.7 Å². The lowest BCUT2D eigenvalue weighted by atomic mass is 10.2. The summed E-state index contributed by atoms with van der Waals surface area (Å²) in [5.41, 5.74) is 0.881. The number of hydrogen-bond donors (Lipinski definition) is 2. The molecule has 0 unspecified atom stereocenters. The maximum atomic E-state index is 13.5. The van der Waals surface area contributed by atoms with Gasteiger partial charge in [-0.25, -0.2) is 13.6 Å². The lowest BCUT2D eigenvalue weighted by molar-refractivity contribution is 0.240. The van der Waals surface area contributed by atoms with E-state index in [1.54, 1.807) is 12.1 Å². The average molecular weight is 332 g/mol. The molecule has 2 rings (SSSR count). The lowest BCUT2D eigenvalue weighted by Crippen LogP contribution is -2.34. The van der Waals surface area contributed by atoms with Crippen molar-refractivity contribution in [3.05, 3.63) is 77.9 Å². The van der Waals surface area contributed by atoms with Crippen molar-refractivity contribution in [1.29, 1.82) is 0 Å². The van der Waals surface area contributed by atoms with E-state index in [9.17, 15) is 13.6 Å². The molecule has 2 amide bonds. The molecule has 2 aromatic rings. The first-order valence-electron chi connectivity index (χ1n) is 7.37. The van der Waals surface area contributed by atoms with Gasteiger partial charge < -0.3 is 15.4 Å². The maximum absolute atomic E-state index is 13.5. The van der Waals surface area contributed by atoms with E-state index in [0.29, 0.717) is 12.4 Å². The van der Waals surface area contributed by atoms with Crippen LogP contribution in [0.3, 0.4) is 0 Å². The van der Waals surface area contributed by atoms with Crippen LogP contribution in [0.4, 0.5) is 13.6 Å². The molecular weight excluding hydrogens is 314 g/mol. The van der Waals surface area contributed by atoms with Crippen LogP contribution in [0.2, 0.25) is 0 Å². The minimum Gasteiger partial charge on any atom is -0.489 e. The van der Waals surface area contributed by atoms with Gasteiger partial charge in [0, 0.05) is 24.2 Å². The Hall–Kier alpha value is -2.89. The van der Waals surface area contributed by atoms with E-state index in [-0.39, 0.29) is 18.7 Å². The minimum absolute atomic E-state index is 0.0832. The summed E-state index contributed by atoms with van der Waals surface area (Å²) in [4.78, 5) is 11.8. The third kappa shape index (κ3) is 5.08. The predicted octanol–water partition coefficient (Wildman–Crippen LogP) is 3.53. The van der Waals surface area contributed by atoms with Crippen molar-refractivity contribution in [2.45, 2.75) is 13.1 Å². The number of urea groups is 1. The van der Waals surface area contributed by atoms with E-state index >= 15 is 0 Å². The number of benzene rings is 2. The van der Waals surface area contributed by atoms with Gasteiger partial charge in [-0.05, 0) is 24.3 Å². The summed E-state index contributed by atoms with van der Waals surface area (Å²) in [6, 6.07) is 9.89. The molecule has 4 nitrogen and oxygen atoms in total. The van der Waals surface area contributed by atoms with Crippen LogP contribution in [0.15, 0.2) is 55.1 Å². The van der Waals surface area contributed by atoms with Crippen LogP contribution in [-0.4, -0.2) is 12.6 Å². The summed E-state index contributed by atoms with van der Waals surface area (Å²) in [5, 5.41) is 5.13. The smallest absolute Gasteiger partial charge is 0.315 e. The summed E-state index contributed by atoms with van der Waals surface area (Å²) in [5.74, 6) is -0.476. The molecule has 2 N–H and O–H groups in total. The molecule has 0 bridgehead atoms. The van der Waals surface area contributed by atoms with Crippen molar-refractivity contribution in [3.63, 3.8) is 0 Å². The number of carbonyl (C=O) groups is 1. The first-order chi connectivity index (χ1) is 11.6. The third-order valence-corrected chi connectivity index (χ3v) is 3.22. The van der Waals surface area contributed by atoms with E-state index in [0.717, 1.165) is 23.8 Å². The fourth-order valence-electron chi connectivity index (χ4n) is 2.03. The standard InChI is InChI=1S/C18H18F2N2O2/c1-2-9-24-17-6-4-3-5-13(17)11-21-18(23)22-12-14-10-15(19)7-8-16(14)20/h2-8,10H,1,9,11-12H2,(H2,21,22,23). The zero-order chi connectivity index (χ0) is 17.4. The van der Waals surface area contributed by atoms with Gasteiger partial charge in [0.05, 0.1) is 0 Å². The molecule has 2 aromatic carbocycles. The van der Waals surface area contributed by atoms with Gasteiger partial charge in [-0.3, -0.25) is 0 Å². The molecule has 0 aromatic heterocycles. The molecule has 24 heavy (non-hydrogen) atoms. The first kappa shape index (κ1) is 17.5. The van der Waals surface area contributed by atoms with Crippen LogP contribution < -0.4 is 15.4 Å². The molecule has 0 fully saturated rings. The molecule has 6 heteroatoms. The SMILES string of the molecule is C=CCOc1ccccc1CNC(=O)NCc1cc(F)ccc1F. The number of carbonyl (C=O) groups excluding carboxylic acids is 1. The largest absolute Gasteiger partial charge is 0.489 e. The number of amides is 2. The van der Waals surface area contributed by atoms with E-state index in [4.69, 9.17) is 4.74 Å². The zero-order valence-electron chi connectivity index (χ0n) is 13.0. The normalized spacial score (nSPS) is 10.1. The van der Waals surface area contributed by atoms with Gasteiger partial charge in [0.2, 0.25) is 0 Å². The molecule has 0 aliphatic rings. The summed E-state index contributed by atoms with van der Waals surface area (Å²) >= 11 is 0. The van der Waals surface area contributed by atoms with Crippen molar-refractivity contribution in [2.75, 3.05) is 6.61 Å². The van der Waals surface area contributed by atoms with Crippen LogP contribution in [0.25, 0.3) is 0 Å². The zero-order valence-corrected chi connectivity index (χ0v) is 13.0. The van der Waals surface area contributed by atoms with E-state index in [2.05, 4.69) is 17.2 Å². The van der Waals surface area contributed by atoms with Crippen molar-refractivity contribution in [3.8, 4) is 5.75 Å². The van der Waals surface area contributed by atoms with Gasteiger partial charge in [0.25, 0.3) is 0 Å². The molecule has 0 saturated heterocycles. The molecular formula is C18H18F2N2O2.